The van der Waals surface area contributed by atoms with E-state index in [0.717, 1.165) is 30.6 Å². The fraction of sp³-hybridized carbons (Fsp3) is 0.455. The van der Waals surface area contributed by atoms with Crippen molar-refractivity contribution in [3.8, 4) is 0 Å². The van der Waals surface area contributed by atoms with Crippen LogP contribution in [0.25, 0.3) is 0 Å². The van der Waals surface area contributed by atoms with Gasteiger partial charge in [0, 0.05) is 11.5 Å². The van der Waals surface area contributed by atoms with Gasteiger partial charge in [0.2, 0.25) is 5.91 Å². The fourth-order valence-corrected chi connectivity index (χ4v) is 1.74. The van der Waals surface area contributed by atoms with Gasteiger partial charge in [-0.2, -0.15) is 5.10 Å². The van der Waals surface area contributed by atoms with Crippen LogP contribution in [0.5, 0.6) is 0 Å². The zero-order valence-electron chi connectivity index (χ0n) is 8.79. The molecule has 0 aromatic carbocycles. The van der Waals surface area contributed by atoms with Gasteiger partial charge in [-0.1, -0.05) is 19.1 Å². The van der Waals surface area contributed by atoms with Crippen LogP contribution < -0.4 is 5.32 Å². The monoisotopic (exact) mass is 205 g/mol. The Morgan fingerprint density at radius 2 is 2.33 bits per heavy atom. The summed E-state index contributed by atoms with van der Waals surface area (Å²) in [5, 5.41) is 9.61. The minimum absolute atomic E-state index is 0.0824. The molecule has 4 nitrogen and oxygen atoms in total. The summed E-state index contributed by atoms with van der Waals surface area (Å²) in [7, 11) is 0. The van der Waals surface area contributed by atoms with E-state index < -0.39 is 0 Å². The van der Waals surface area contributed by atoms with Gasteiger partial charge >= 0.3 is 0 Å². The molecule has 1 heterocycles. The molecule has 0 spiro atoms. The number of nitrogens with zero attached hydrogens (tertiary/aromatic N) is 1. The molecule has 0 atom stereocenters. The number of amides is 1. The third-order valence-electron chi connectivity index (χ3n) is 2.73. The molecule has 1 amide bonds. The van der Waals surface area contributed by atoms with Gasteiger partial charge in [-0.15, -0.1) is 0 Å². The maximum Gasteiger partial charge on any atom is 0.229 e. The Bertz CT molecular complexity index is 373. The van der Waals surface area contributed by atoms with Gasteiger partial charge in [-0.3, -0.25) is 9.89 Å². The number of carbonyl (C=O) groups excluding carboxylic acids is 1. The minimum Gasteiger partial charge on any atom is -0.311 e. The first-order valence-electron chi connectivity index (χ1n) is 5.29. The van der Waals surface area contributed by atoms with Crippen LogP contribution in [-0.4, -0.2) is 16.1 Å². The number of H-pyrrole nitrogens is 1. The van der Waals surface area contributed by atoms with Crippen molar-refractivity contribution in [3.63, 3.8) is 0 Å². The van der Waals surface area contributed by atoms with Crippen molar-refractivity contribution in [2.24, 2.45) is 5.92 Å². The lowest BCUT2D eigenvalue weighted by Crippen LogP contribution is -2.21. The molecule has 1 aliphatic rings. The molecular formula is C11H15N3O. The van der Waals surface area contributed by atoms with Crippen molar-refractivity contribution >= 4 is 11.7 Å². The van der Waals surface area contributed by atoms with E-state index in [1.165, 1.54) is 0 Å². The number of aryl methyl sites for hydroxylation is 1. The lowest BCUT2D eigenvalue weighted by atomic mass is 10.1. The van der Waals surface area contributed by atoms with Crippen molar-refractivity contribution in [1.29, 1.82) is 0 Å². The second-order valence-electron chi connectivity index (χ2n) is 3.75. The molecule has 0 saturated carbocycles. The summed E-state index contributed by atoms with van der Waals surface area (Å²) in [6.07, 6.45) is 8.43. The molecule has 15 heavy (non-hydrogen) atoms. The molecule has 0 bridgehead atoms. The van der Waals surface area contributed by atoms with Crippen molar-refractivity contribution in [1.82, 2.24) is 10.2 Å². The molecule has 2 rings (SSSR count). The lowest BCUT2D eigenvalue weighted by molar-refractivity contribution is -0.119. The van der Waals surface area contributed by atoms with Crippen LogP contribution in [0.15, 0.2) is 18.3 Å². The molecule has 1 aromatic rings. The van der Waals surface area contributed by atoms with E-state index in [4.69, 9.17) is 0 Å². The number of anilines is 1. The predicted molar refractivity (Wildman–Crippen MR) is 58.5 cm³/mol. The maximum absolute atomic E-state index is 11.8. The van der Waals surface area contributed by atoms with E-state index >= 15 is 0 Å². The summed E-state index contributed by atoms with van der Waals surface area (Å²) in [5.74, 6) is 0.923. The van der Waals surface area contributed by atoms with Gasteiger partial charge in [0.1, 0.15) is 5.82 Å². The maximum atomic E-state index is 11.8. The predicted octanol–water partition coefficient (Wildman–Crippen LogP) is 1.88. The minimum atomic E-state index is 0.0824. The summed E-state index contributed by atoms with van der Waals surface area (Å²) in [4.78, 5) is 11.8. The molecule has 1 aliphatic carbocycles. The number of hydrogen-bond acceptors (Lipinski definition) is 2. The highest BCUT2D eigenvalue weighted by Crippen LogP contribution is 2.20. The van der Waals surface area contributed by atoms with Gasteiger partial charge in [-0.25, -0.2) is 0 Å². The third-order valence-corrected chi connectivity index (χ3v) is 2.73. The number of rotatable bonds is 3. The van der Waals surface area contributed by atoms with E-state index in [1.54, 1.807) is 6.20 Å². The van der Waals surface area contributed by atoms with Gasteiger partial charge in [0.25, 0.3) is 0 Å². The average molecular weight is 205 g/mol. The topological polar surface area (TPSA) is 57.8 Å². The summed E-state index contributed by atoms with van der Waals surface area (Å²) >= 11 is 0. The molecular weight excluding hydrogens is 190 g/mol. The van der Waals surface area contributed by atoms with E-state index in [0.29, 0.717) is 0 Å². The largest absolute Gasteiger partial charge is 0.311 e. The van der Waals surface area contributed by atoms with Crippen LogP contribution >= 0.6 is 0 Å². The molecule has 2 N–H and O–H groups in total. The van der Waals surface area contributed by atoms with Crippen LogP contribution in [0.4, 0.5) is 5.82 Å². The highest BCUT2D eigenvalue weighted by molar-refractivity contribution is 5.92. The van der Waals surface area contributed by atoms with Crippen LogP contribution in [0, 0.1) is 5.92 Å². The van der Waals surface area contributed by atoms with Gasteiger partial charge in [-0.05, 0) is 19.3 Å². The smallest absolute Gasteiger partial charge is 0.229 e. The van der Waals surface area contributed by atoms with E-state index in [2.05, 4.69) is 27.7 Å². The molecule has 80 valence electrons. The standard InChI is InChI=1S/C11H15N3O/c1-2-8-7-12-14-10(8)13-11(15)9-5-3-4-6-9/h3-4,7,9H,2,5-6H2,1H3,(H2,12,13,14,15). The number of aromatic nitrogens is 2. The van der Waals surface area contributed by atoms with E-state index in [-0.39, 0.29) is 11.8 Å². The van der Waals surface area contributed by atoms with Gasteiger partial charge in [0.05, 0.1) is 6.20 Å². The Balaban J connectivity index is 1.99. The number of nitrogens with one attached hydrogen (secondary N) is 2. The summed E-state index contributed by atoms with van der Waals surface area (Å²) in [5.41, 5.74) is 1.05. The fourth-order valence-electron chi connectivity index (χ4n) is 1.74. The Labute approximate surface area is 88.8 Å². The number of hydrogen-bond donors (Lipinski definition) is 2. The second kappa shape index (κ2) is 4.29. The summed E-state index contributed by atoms with van der Waals surface area (Å²) in [6.45, 7) is 2.04. The molecule has 0 fully saturated rings. The number of aromatic amines is 1. The number of carbonyl (C=O) groups is 1. The van der Waals surface area contributed by atoms with Crippen molar-refractivity contribution in [2.45, 2.75) is 26.2 Å². The van der Waals surface area contributed by atoms with Gasteiger partial charge < -0.3 is 5.32 Å². The first-order valence-corrected chi connectivity index (χ1v) is 5.29. The van der Waals surface area contributed by atoms with Crippen molar-refractivity contribution < 1.29 is 4.79 Å². The Morgan fingerprint density at radius 3 is 3.00 bits per heavy atom. The zero-order valence-corrected chi connectivity index (χ0v) is 8.79. The highest BCUT2D eigenvalue weighted by atomic mass is 16.1. The third kappa shape index (κ3) is 2.09. The normalized spacial score (nSPS) is 15.8. The average Bonchev–Trinajstić information content (AvgIpc) is 2.87. The molecule has 4 heteroatoms. The summed E-state index contributed by atoms with van der Waals surface area (Å²) in [6, 6.07) is 0. The highest BCUT2D eigenvalue weighted by Gasteiger charge is 2.20. The first kappa shape index (κ1) is 9.96. The van der Waals surface area contributed by atoms with Crippen molar-refractivity contribution in [3.05, 3.63) is 23.9 Å². The van der Waals surface area contributed by atoms with Crippen molar-refractivity contribution in [2.75, 3.05) is 5.32 Å². The zero-order chi connectivity index (χ0) is 10.7. The van der Waals surface area contributed by atoms with Gasteiger partial charge in [0.15, 0.2) is 0 Å². The van der Waals surface area contributed by atoms with Crippen LogP contribution in [0.2, 0.25) is 0 Å². The lowest BCUT2D eigenvalue weighted by Gasteiger charge is -2.09. The van der Waals surface area contributed by atoms with Crippen LogP contribution in [0.3, 0.4) is 0 Å². The number of allylic oxidation sites excluding steroid dienone is 2. The molecule has 0 unspecified atom stereocenters. The van der Waals surface area contributed by atoms with E-state index in [1.807, 2.05) is 6.92 Å². The Kier molecular flexibility index (Phi) is 2.85. The second-order valence-corrected chi connectivity index (χ2v) is 3.75. The Hall–Kier alpha value is -1.58. The van der Waals surface area contributed by atoms with Crippen LogP contribution in [0.1, 0.15) is 25.3 Å². The Morgan fingerprint density at radius 1 is 1.60 bits per heavy atom. The van der Waals surface area contributed by atoms with Crippen LogP contribution in [-0.2, 0) is 11.2 Å². The van der Waals surface area contributed by atoms with E-state index in [9.17, 15) is 4.79 Å². The molecule has 0 saturated heterocycles. The first-order chi connectivity index (χ1) is 7.31. The SMILES string of the molecule is CCc1cn[nH]c1NC(=O)C1CC=CC1. The molecule has 1 aromatic heterocycles. The quantitative estimate of drug-likeness (QED) is 0.740. The molecule has 0 aliphatic heterocycles. The molecule has 0 radical (unpaired) electrons. The summed E-state index contributed by atoms with van der Waals surface area (Å²) < 4.78 is 0.